The number of rotatable bonds is 7. The first-order chi connectivity index (χ1) is 15.1. The summed E-state index contributed by atoms with van der Waals surface area (Å²) in [5.74, 6) is 0.944. The topological polar surface area (TPSA) is 72.7 Å². The Bertz CT molecular complexity index is 1160. The van der Waals surface area contributed by atoms with E-state index in [0.29, 0.717) is 17.0 Å². The fraction of sp³-hybridized carbons (Fsp3) is 0.130. The molecule has 0 saturated carbocycles. The SMILES string of the molecule is CCn1c(SCc2ccc(C(=O)Nc3ccc(F)cc3)cc2)nnc1-c1ccncc1. The molecule has 31 heavy (non-hydrogen) atoms. The predicted octanol–water partition coefficient (Wildman–Crippen LogP) is 5.04. The van der Waals surface area contributed by atoms with Gasteiger partial charge in [-0.3, -0.25) is 9.78 Å². The van der Waals surface area contributed by atoms with Gasteiger partial charge in [0, 0.05) is 41.5 Å². The standard InChI is InChI=1S/C23H20FN5OS/c1-2-29-21(17-11-13-25-14-12-17)27-28-23(29)31-15-16-3-5-18(6-4-16)22(30)26-20-9-7-19(24)8-10-20/h3-14H,2,15H2,1H3,(H,26,30). The number of nitrogens with one attached hydrogen (secondary N) is 1. The van der Waals surface area contributed by atoms with Gasteiger partial charge in [-0.05, 0) is 61.0 Å². The van der Waals surface area contributed by atoms with Crippen molar-refractivity contribution in [1.82, 2.24) is 19.7 Å². The van der Waals surface area contributed by atoms with Crippen molar-refractivity contribution in [3.8, 4) is 11.4 Å². The maximum atomic E-state index is 13.0. The summed E-state index contributed by atoms with van der Waals surface area (Å²) in [6.45, 7) is 2.82. The number of benzene rings is 2. The van der Waals surface area contributed by atoms with E-state index in [0.717, 1.165) is 28.7 Å². The molecule has 0 fully saturated rings. The number of halogens is 1. The van der Waals surface area contributed by atoms with Crippen LogP contribution in [-0.4, -0.2) is 25.7 Å². The quantitative estimate of drug-likeness (QED) is 0.413. The van der Waals surface area contributed by atoms with Gasteiger partial charge < -0.3 is 9.88 Å². The molecular weight excluding hydrogens is 413 g/mol. The Morgan fingerprint density at radius 2 is 1.71 bits per heavy atom. The highest BCUT2D eigenvalue weighted by atomic mass is 32.2. The van der Waals surface area contributed by atoms with Gasteiger partial charge in [-0.25, -0.2) is 4.39 Å². The first-order valence-corrected chi connectivity index (χ1v) is 10.7. The monoisotopic (exact) mass is 433 g/mol. The Morgan fingerprint density at radius 1 is 1.00 bits per heavy atom. The number of carbonyl (C=O) groups excluding carboxylic acids is 1. The molecule has 0 unspecified atom stereocenters. The molecule has 0 aliphatic rings. The molecule has 0 atom stereocenters. The fourth-order valence-electron chi connectivity index (χ4n) is 3.03. The van der Waals surface area contributed by atoms with Crippen LogP contribution in [0.2, 0.25) is 0 Å². The van der Waals surface area contributed by atoms with E-state index in [-0.39, 0.29) is 11.7 Å². The van der Waals surface area contributed by atoms with Crippen LogP contribution >= 0.6 is 11.8 Å². The first kappa shape index (κ1) is 20.7. The maximum Gasteiger partial charge on any atom is 0.255 e. The van der Waals surface area contributed by atoms with Gasteiger partial charge in [-0.15, -0.1) is 10.2 Å². The van der Waals surface area contributed by atoms with Crippen LogP contribution in [0, 0.1) is 5.82 Å². The summed E-state index contributed by atoms with van der Waals surface area (Å²) in [6.07, 6.45) is 3.48. The van der Waals surface area contributed by atoms with E-state index in [9.17, 15) is 9.18 Å². The Morgan fingerprint density at radius 3 is 2.39 bits per heavy atom. The molecule has 156 valence electrons. The highest BCUT2D eigenvalue weighted by molar-refractivity contribution is 7.98. The van der Waals surface area contributed by atoms with E-state index in [1.807, 2.05) is 24.3 Å². The average Bonchev–Trinajstić information content (AvgIpc) is 3.23. The molecule has 2 aromatic heterocycles. The second kappa shape index (κ2) is 9.53. The Kier molecular flexibility index (Phi) is 6.37. The van der Waals surface area contributed by atoms with Crippen molar-refractivity contribution in [3.63, 3.8) is 0 Å². The van der Waals surface area contributed by atoms with Crippen molar-refractivity contribution in [1.29, 1.82) is 0 Å². The summed E-state index contributed by atoms with van der Waals surface area (Å²) in [5.41, 5.74) is 3.14. The lowest BCUT2D eigenvalue weighted by molar-refractivity contribution is 0.102. The molecule has 1 amide bonds. The Labute approximate surface area is 183 Å². The molecule has 6 nitrogen and oxygen atoms in total. The second-order valence-corrected chi connectivity index (χ2v) is 7.68. The van der Waals surface area contributed by atoms with Crippen LogP contribution in [0.3, 0.4) is 0 Å². The van der Waals surface area contributed by atoms with Crippen molar-refractivity contribution in [3.05, 3.63) is 90.0 Å². The van der Waals surface area contributed by atoms with E-state index in [1.165, 1.54) is 24.3 Å². The number of carbonyl (C=O) groups is 1. The van der Waals surface area contributed by atoms with Crippen LogP contribution in [0.5, 0.6) is 0 Å². The van der Waals surface area contributed by atoms with Crippen LogP contribution in [0.25, 0.3) is 11.4 Å². The number of hydrogen-bond donors (Lipinski definition) is 1. The molecule has 0 spiro atoms. The van der Waals surface area contributed by atoms with Gasteiger partial charge in [-0.2, -0.15) is 0 Å². The predicted molar refractivity (Wildman–Crippen MR) is 119 cm³/mol. The maximum absolute atomic E-state index is 13.0. The van der Waals surface area contributed by atoms with Crippen LogP contribution in [-0.2, 0) is 12.3 Å². The molecule has 4 aromatic rings. The Balaban J connectivity index is 1.40. The van der Waals surface area contributed by atoms with Gasteiger partial charge in [0.1, 0.15) is 5.82 Å². The first-order valence-electron chi connectivity index (χ1n) is 9.76. The number of aromatic nitrogens is 4. The molecule has 8 heteroatoms. The van der Waals surface area contributed by atoms with Gasteiger partial charge in [0.15, 0.2) is 11.0 Å². The summed E-state index contributed by atoms with van der Waals surface area (Å²) in [4.78, 5) is 16.4. The van der Waals surface area contributed by atoms with Crippen LogP contribution in [0.1, 0.15) is 22.8 Å². The van der Waals surface area contributed by atoms with Gasteiger partial charge >= 0.3 is 0 Å². The van der Waals surface area contributed by atoms with E-state index < -0.39 is 0 Å². The van der Waals surface area contributed by atoms with E-state index in [2.05, 4.69) is 32.0 Å². The molecule has 1 N–H and O–H groups in total. The number of hydrogen-bond acceptors (Lipinski definition) is 5. The lowest BCUT2D eigenvalue weighted by atomic mass is 10.1. The van der Waals surface area contributed by atoms with E-state index in [4.69, 9.17) is 0 Å². The molecule has 0 aliphatic carbocycles. The normalized spacial score (nSPS) is 10.8. The van der Waals surface area contributed by atoms with Crippen molar-refractivity contribution in [2.75, 3.05) is 5.32 Å². The molecule has 2 aromatic carbocycles. The lowest BCUT2D eigenvalue weighted by Crippen LogP contribution is -2.11. The van der Waals surface area contributed by atoms with Gasteiger partial charge in [0.2, 0.25) is 0 Å². The zero-order valence-corrected chi connectivity index (χ0v) is 17.6. The van der Waals surface area contributed by atoms with Gasteiger partial charge in [0.05, 0.1) is 0 Å². The Hall–Kier alpha value is -3.52. The number of amides is 1. The molecule has 0 radical (unpaired) electrons. The minimum atomic E-state index is -0.341. The van der Waals surface area contributed by atoms with E-state index >= 15 is 0 Å². The third kappa shape index (κ3) is 4.97. The van der Waals surface area contributed by atoms with Crippen LogP contribution in [0.4, 0.5) is 10.1 Å². The van der Waals surface area contributed by atoms with Crippen LogP contribution < -0.4 is 5.32 Å². The van der Waals surface area contributed by atoms with E-state index in [1.54, 1.807) is 36.3 Å². The summed E-state index contributed by atoms with van der Waals surface area (Å²) in [5, 5.41) is 12.3. The summed E-state index contributed by atoms with van der Waals surface area (Å²) in [7, 11) is 0. The van der Waals surface area contributed by atoms with Crippen molar-refractivity contribution in [2.24, 2.45) is 0 Å². The van der Waals surface area contributed by atoms with Crippen LogP contribution in [0.15, 0.2) is 78.2 Å². The molecule has 0 saturated heterocycles. The number of nitrogens with zero attached hydrogens (tertiary/aromatic N) is 4. The summed E-state index contributed by atoms with van der Waals surface area (Å²) < 4.78 is 15.1. The highest BCUT2D eigenvalue weighted by Gasteiger charge is 2.13. The zero-order chi connectivity index (χ0) is 21.6. The number of thioether (sulfide) groups is 1. The third-order valence-corrected chi connectivity index (χ3v) is 5.70. The lowest BCUT2D eigenvalue weighted by Gasteiger charge is -2.08. The smallest absolute Gasteiger partial charge is 0.255 e. The summed E-state index contributed by atoms with van der Waals surface area (Å²) >= 11 is 1.60. The zero-order valence-electron chi connectivity index (χ0n) is 16.8. The van der Waals surface area contributed by atoms with Gasteiger partial charge in [-0.1, -0.05) is 23.9 Å². The highest BCUT2D eigenvalue weighted by Crippen LogP contribution is 2.26. The van der Waals surface area contributed by atoms with Gasteiger partial charge in [0.25, 0.3) is 5.91 Å². The summed E-state index contributed by atoms with van der Waals surface area (Å²) in [6, 6.07) is 16.9. The molecule has 0 bridgehead atoms. The van der Waals surface area contributed by atoms with Crippen molar-refractivity contribution in [2.45, 2.75) is 24.4 Å². The largest absolute Gasteiger partial charge is 0.322 e. The second-order valence-electron chi connectivity index (χ2n) is 6.73. The number of pyridine rings is 1. The average molecular weight is 434 g/mol. The molecule has 0 aliphatic heterocycles. The fourth-order valence-corrected chi connectivity index (χ4v) is 3.99. The molecule has 2 heterocycles. The molecular formula is C23H20FN5OS. The van der Waals surface area contributed by atoms with Crippen molar-refractivity contribution < 1.29 is 9.18 Å². The third-order valence-electron chi connectivity index (χ3n) is 4.66. The minimum absolute atomic E-state index is 0.237. The minimum Gasteiger partial charge on any atom is -0.322 e. The van der Waals surface area contributed by atoms with Crippen molar-refractivity contribution >= 4 is 23.4 Å². The number of anilines is 1. The molecule has 4 rings (SSSR count).